The van der Waals surface area contributed by atoms with Gasteiger partial charge >= 0.3 is 0 Å². The Morgan fingerprint density at radius 3 is 2.15 bits per heavy atom. The third-order valence-electron chi connectivity index (χ3n) is 3.47. The van der Waals surface area contributed by atoms with Crippen LogP contribution in [0.2, 0.25) is 0 Å². The van der Waals surface area contributed by atoms with E-state index < -0.39 is 0 Å². The lowest BCUT2D eigenvalue weighted by Gasteiger charge is -2.18. The van der Waals surface area contributed by atoms with Gasteiger partial charge in [0, 0.05) is 11.6 Å². The van der Waals surface area contributed by atoms with Gasteiger partial charge in [0.25, 0.3) is 0 Å². The molecule has 0 radical (unpaired) electrons. The van der Waals surface area contributed by atoms with E-state index in [4.69, 9.17) is 4.74 Å². The summed E-state index contributed by atoms with van der Waals surface area (Å²) in [6, 6.07) is 9.22. The summed E-state index contributed by atoms with van der Waals surface area (Å²) in [5.74, 6) is 0.272. The van der Waals surface area contributed by atoms with Crippen LogP contribution in [-0.2, 0) is 0 Å². The van der Waals surface area contributed by atoms with E-state index in [1.165, 1.54) is 29.9 Å². The molecule has 1 atom stereocenters. The number of aryl methyl sites for hydroxylation is 3. The van der Waals surface area contributed by atoms with Crippen molar-refractivity contribution in [2.75, 3.05) is 7.11 Å². The van der Waals surface area contributed by atoms with Gasteiger partial charge in [0.05, 0.1) is 11.9 Å². The molecule has 0 aromatic heterocycles. The van der Waals surface area contributed by atoms with E-state index in [0.29, 0.717) is 11.3 Å². The number of halogens is 2. The van der Waals surface area contributed by atoms with E-state index in [1.54, 1.807) is 12.1 Å². The smallest absolute Gasteiger partial charge is 0.131 e. The van der Waals surface area contributed by atoms with Crippen LogP contribution < -0.4 is 4.74 Å². The number of benzene rings is 2. The van der Waals surface area contributed by atoms with Crippen molar-refractivity contribution in [1.82, 2.24) is 0 Å². The maximum absolute atomic E-state index is 14.2. The number of hydrogen-bond donors (Lipinski definition) is 0. The lowest BCUT2D eigenvalue weighted by molar-refractivity contribution is 0.411. The van der Waals surface area contributed by atoms with Gasteiger partial charge in [0.1, 0.15) is 11.6 Å². The summed E-state index contributed by atoms with van der Waals surface area (Å²) >= 11 is 3.64. The minimum absolute atomic E-state index is 0.158. The summed E-state index contributed by atoms with van der Waals surface area (Å²) in [6.07, 6.45) is 0. The van der Waals surface area contributed by atoms with Crippen LogP contribution in [0.5, 0.6) is 5.75 Å². The Morgan fingerprint density at radius 1 is 1.05 bits per heavy atom. The monoisotopic (exact) mass is 336 g/mol. The van der Waals surface area contributed by atoms with Crippen molar-refractivity contribution < 1.29 is 9.13 Å². The highest BCUT2D eigenvalue weighted by molar-refractivity contribution is 9.09. The molecule has 0 heterocycles. The number of rotatable bonds is 3. The molecule has 0 spiro atoms. The molecule has 1 unspecified atom stereocenters. The van der Waals surface area contributed by atoms with E-state index in [-0.39, 0.29) is 10.6 Å². The standard InChI is InChI=1S/C17H18BrFO/c1-10-7-11(2)16(12(3)8-10)17(18)14-6-5-13(20-4)9-15(14)19/h5-9,17H,1-4H3. The molecule has 0 aliphatic rings. The van der Waals surface area contributed by atoms with E-state index in [1.807, 2.05) is 0 Å². The summed E-state index contributed by atoms with van der Waals surface area (Å²) in [7, 11) is 1.54. The van der Waals surface area contributed by atoms with Gasteiger partial charge in [0.15, 0.2) is 0 Å². The molecule has 0 aliphatic carbocycles. The maximum atomic E-state index is 14.2. The maximum Gasteiger partial charge on any atom is 0.131 e. The van der Waals surface area contributed by atoms with Crippen LogP contribution in [-0.4, -0.2) is 7.11 Å². The predicted octanol–water partition coefficient (Wildman–Crippen LogP) is 5.24. The zero-order chi connectivity index (χ0) is 14.9. The summed E-state index contributed by atoms with van der Waals surface area (Å²) in [5.41, 5.74) is 5.30. The average Bonchev–Trinajstić information content (AvgIpc) is 2.37. The van der Waals surface area contributed by atoms with Gasteiger partial charge in [-0.25, -0.2) is 4.39 Å². The lowest BCUT2D eigenvalue weighted by Crippen LogP contribution is -2.02. The van der Waals surface area contributed by atoms with Crippen molar-refractivity contribution in [2.45, 2.75) is 25.6 Å². The molecule has 3 heteroatoms. The number of methoxy groups -OCH3 is 1. The number of alkyl halides is 1. The minimum Gasteiger partial charge on any atom is -0.497 e. The molecule has 0 saturated heterocycles. The van der Waals surface area contributed by atoms with Crippen molar-refractivity contribution in [1.29, 1.82) is 0 Å². The summed E-state index contributed by atoms with van der Waals surface area (Å²) in [5, 5.41) is 0. The van der Waals surface area contributed by atoms with Crippen LogP contribution in [0.15, 0.2) is 30.3 Å². The third-order valence-corrected chi connectivity index (χ3v) is 4.42. The first-order valence-corrected chi connectivity index (χ1v) is 7.41. The Morgan fingerprint density at radius 2 is 1.65 bits per heavy atom. The van der Waals surface area contributed by atoms with E-state index in [2.05, 4.69) is 48.8 Å². The highest BCUT2D eigenvalue weighted by Gasteiger charge is 2.19. The Labute approximate surface area is 127 Å². The first-order chi connectivity index (χ1) is 9.43. The fourth-order valence-electron chi connectivity index (χ4n) is 2.59. The van der Waals surface area contributed by atoms with Crippen molar-refractivity contribution in [3.05, 3.63) is 64.0 Å². The second kappa shape index (κ2) is 5.96. The molecule has 106 valence electrons. The molecule has 0 N–H and O–H groups in total. The van der Waals surface area contributed by atoms with Crippen molar-refractivity contribution in [3.63, 3.8) is 0 Å². The van der Waals surface area contributed by atoms with E-state index in [0.717, 1.165) is 5.56 Å². The Kier molecular flexibility index (Phi) is 4.48. The van der Waals surface area contributed by atoms with Crippen molar-refractivity contribution >= 4 is 15.9 Å². The molecule has 20 heavy (non-hydrogen) atoms. The molecule has 2 aromatic rings. The zero-order valence-corrected chi connectivity index (χ0v) is 13.7. The molecule has 0 bridgehead atoms. The zero-order valence-electron chi connectivity index (χ0n) is 12.1. The molecule has 1 nitrogen and oxygen atoms in total. The summed E-state index contributed by atoms with van der Waals surface area (Å²) < 4.78 is 19.2. The molecule has 0 amide bonds. The first-order valence-electron chi connectivity index (χ1n) is 6.49. The number of ether oxygens (including phenoxy) is 1. The van der Waals surface area contributed by atoms with E-state index in [9.17, 15) is 4.39 Å². The summed E-state index contributed by atoms with van der Waals surface area (Å²) in [6.45, 7) is 6.19. The predicted molar refractivity (Wildman–Crippen MR) is 84.4 cm³/mol. The Bertz CT molecular complexity index is 614. The first kappa shape index (κ1) is 15.0. The molecule has 2 rings (SSSR count). The van der Waals surface area contributed by atoms with Crippen LogP contribution in [0.1, 0.15) is 32.6 Å². The molecule has 0 saturated carbocycles. The van der Waals surface area contributed by atoms with Gasteiger partial charge in [-0.05, 0) is 43.5 Å². The second-order valence-corrected chi connectivity index (χ2v) is 5.98. The fraction of sp³-hybridized carbons (Fsp3) is 0.294. The van der Waals surface area contributed by atoms with Crippen LogP contribution in [0.25, 0.3) is 0 Å². The highest BCUT2D eigenvalue weighted by atomic mass is 79.9. The normalized spacial score (nSPS) is 12.3. The summed E-state index contributed by atoms with van der Waals surface area (Å²) in [4.78, 5) is -0.158. The van der Waals surface area contributed by atoms with Crippen molar-refractivity contribution in [3.8, 4) is 5.75 Å². The molecule has 2 aromatic carbocycles. The SMILES string of the molecule is COc1ccc(C(Br)c2c(C)cc(C)cc2C)c(F)c1. The van der Waals surface area contributed by atoms with Crippen LogP contribution in [0.3, 0.4) is 0 Å². The number of hydrogen-bond acceptors (Lipinski definition) is 1. The molecular weight excluding hydrogens is 319 g/mol. The second-order valence-electron chi connectivity index (χ2n) is 5.06. The van der Waals surface area contributed by atoms with Gasteiger partial charge < -0.3 is 4.74 Å². The van der Waals surface area contributed by atoms with Crippen LogP contribution in [0, 0.1) is 26.6 Å². The molecular formula is C17H18BrFO. The van der Waals surface area contributed by atoms with E-state index >= 15 is 0 Å². The van der Waals surface area contributed by atoms with Gasteiger partial charge in [0.2, 0.25) is 0 Å². The molecule has 0 aliphatic heterocycles. The molecule has 0 fully saturated rings. The van der Waals surface area contributed by atoms with Crippen LogP contribution >= 0.6 is 15.9 Å². The largest absolute Gasteiger partial charge is 0.497 e. The third kappa shape index (κ3) is 2.88. The Hall–Kier alpha value is -1.35. The average molecular weight is 337 g/mol. The highest BCUT2D eigenvalue weighted by Crippen LogP contribution is 2.37. The van der Waals surface area contributed by atoms with Gasteiger partial charge in [-0.2, -0.15) is 0 Å². The van der Waals surface area contributed by atoms with Gasteiger partial charge in [-0.1, -0.05) is 39.7 Å². The Balaban J connectivity index is 2.49. The quantitative estimate of drug-likeness (QED) is 0.696. The van der Waals surface area contributed by atoms with Gasteiger partial charge in [-0.3, -0.25) is 0 Å². The van der Waals surface area contributed by atoms with Crippen molar-refractivity contribution in [2.24, 2.45) is 0 Å². The lowest BCUT2D eigenvalue weighted by atomic mass is 9.94. The minimum atomic E-state index is -0.259. The van der Waals surface area contributed by atoms with Crippen LogP contribution in [0.4, 0.5) is 4.39 Å². The fourth-order valence-corrected chi connectivity index (χ4v) is 3.68. The topological polar surface area (TPSA) is 9.23 Å². The van der Waals surface area contributed by atoms with Gasteiger partial charge in [-0.15, -0.1) is 0 Å².